The van der Waals surface area contributed by atoms with Crippen LogP contribution in [-0.4, -0.2) is 19.5 Å². The van der Waals surface area contributed by atoms with E-state index in [9.17, 15) is 0 Å². The van der Waals surface area contributed by atoms with Gasteiger partial charge in [0.15, 0.2) is 5.82 Å². The molecule has 284 valence electrons. The van der Waals surface area contributed by atoms with Gasteiger partial charge in [-0.3, -0.25) is 0 Å². The first-order valence-corrected chi connectivity index (χ1v) is 20.7. The molecular formula is C57H36N4. The zero-order valence-electron chi connectivity index (χ0n) is 33.1. The number of rotatable bonds is 6. The maximum atomic E-state index is 5.46. The molecule has 12 aromatic rings. The minimum absolute atomic E-state index is 0.706. The molecule has 61 heavy (non-hydrogen) atoms. The summed E-state index contributed by atoms with van der Waals surface area (Å²) in [6.45, 7) is 0. The maximum absolute atomic E-state index is 5.46. The first-order valence-electron chi connectivity index (χ1n) is 20.7. The van der Waals surface area contributed by atoms with Crippen LogP contribution in [0.1, 0.15) is 0 Å². The summed E-state index contributed by atoms with van der Waals surface area (Å²) in [5, 5.41) is 8.32. The van der Waals surface area contributed by atoms with Crippen LogP contribution < -0.4 is 0 Å². The van der Waals surface area contributed by atoms with Gasteiger partial charge in [0.05, 0.1) is 33.6 Å². The molecule has 0 aliphatic heterocycles. The fourth-order valence-corrected chi connectivity index (χ4v) is 8.96. The lowest BCUT2D eigenvalue weighted by Crippen LogP contribution is -1.96. The van der Waals surface area contributed by atoms with E-state index in [1.165, 1.54) is 38.0 Å². The molecule has 0 fully saturated rings. The molecule has 0 unspecified atom stereocenters. The third-order valence-electron chi connectivity index (χ3n) is 12.0. The number of fused-ring (bicyclic) bond motifs is 7. The molecule has 0 bridgehead atoms. The summed E-state index contributed by atoms with van der Waals surface area (Å²) in [7, 11) is 0. The highest BCUT2D eigenvalue weighted by Crippen LogP contribution is 2.41. The van der Waals surface area contributed by atoms with Gasteiger partial charge in [-0.25, -0.2) is 15.0 Å². The summed E-state index contributed by atoms with van der Waals surface area (Å²) in [6, 6.07) is 77.5. The van der Waals surface area contributed by atoms with E-state index in [0.717, 1.165) is 72.4 Å². The van der Waals surface area contributed by atoms with Crippen molar-refractivity contribution in [3.05, 3.63) is 218 Å². The highest BCUT2D eigenvalue weighted by atomic mass is 15.0. The van der Waals surface area contributed by atoms with E-state index in [-0.39, 0.29) is 0 Å². The molecule has 0 saturated carbocycles. The Morgan fingerprint density at radius 3 is 1.66 bits per heavy atom. The lowest BCUT2D eigenvalue weighted by Gasteiger charge is -2.14. The Balaban J connectivity index is 1.01. The second-order valence-electron chi connectivity index (χ2n) is 15.6. The third kappa shape index (κ3) is 6.04. The average Bonchev–Trinajstić information content (AvgIpc) is 3.66. The Morgan fingerprint density at radius 1 is 0.295 bits per heavy atom. The van der Waals surface area contributed by atoms with E-state index in [4.69, 9.17) is 15.0 Å². The second-order valence-corrected chi connectivity index (χ2v) is 15.6. The molecule has 0 atom stereocenters. The van der Waals surface area contributed by atoms with E-state index in [0.29, 0.717) is 5.82 Å². The van der Waals surface area contributed by atoms with Gasteiger partial charge in [0.2, 0.25) is 0 Å². The Hall–Kier alpha value is -8.21. The van der Waals surface area contributed by atoms with Crippen molar-refractivity contribution in [1.29, 1.82) is 0 Å². The molecule has 0 amide bonds. The topological polar surface area (TPSA) is 43.6 Å². The van der Waals surface area contributed by atoms with E-state index >= 15 is 0 Å². The minimum Gasteiger partial charge on any atom is -0.309 e. The smallest absolute Gasteiger partial charge is 0.160 e. The molecule has 9 aromatic carbocycles. The van der Waals surface area contributed by atoms with Crippen LogP contribution in [0, 0.1) is 0 Å². The molecule has 12 rings (SSSR count). The molecule has 3 heterocycles. The summed E-state index contributed by atoms with van der Waals surface area (Å²) in [6.07, 6.45) is 0. The van der Waals surface area contributed by atoms with Gasteiger partial charge in [-0.1, -0.05) is 176 Å². The Bertz CT molecular complexity index is 3560. The number of aromatic nitrogens is 4. The molecule has 0 radical (unpaired) electrons. The standard InChI is InChI=1S/C57H36N4/c1-4-15-39(16-5-1)51-36-52(60-57(59-51)42-19-8-3-9-20-42)40-26-24-38(25-27-40)44-29-31-46-48-35-55-49(34-50(48)56(58-53(46)33-44)41-17-6-2-7-18-41)47-22-12-13-23-54(47)61(55)45-30-28-37-14-10-11-21-43(37)32-45/h1-36H. The van der Waals surface area contributed by atoms with Crippen molar-refractivity contribution in [1.82, 2.24) is 19.5 Å². The maximum Gasteiger partial charge on any atom is 0.160 e. The monoisotopic (exact) mass is 776 g/mol. The average molecular weight is 777 g/mol. The van der Waals surface area contributed by atoms with E-state index in [2.05, 4.69) is 187 Å². The van der Waals surface area contributed by atoms with Crippen LogP contribution in [0.25, 0.3) is 116 Å². The summed E-state index contributed by atoms with van der Waals surface area (Å²) in [5.74, 6) is 0.706. The highest BCUT2D eigenvalue weighted by molar-refractivity contribution is 6.20. The zero-order valence-corrected chi connectivity index (χ0v) is 33.1. The second kappa shape index (κ2) is 14.3. The number of benzene rings is 9. The number of para-hydroxylation sites is 1. The van der Waals surface area contributed by atoms with Crippen molar-refractivity contribution in [2.24, 2.45) is 0 Å². The van der Waals surface area contributed by atoms with Gasteiger partial charge in [0.25, 0.3) is 0 Å². The van der Waals surface area contributed by atoms with Crippen LogP contribution in [0.15, 0.2) is 218 Å². The number of pyridine rings is 1. The largest absolute Gasteiger partial charge is 0.309 e. The van der Waals surface area contributed by atoms with Gasteiger partial charge in [0, 0.05) is 49.5 Å². The fourth-order valence-electron chi connectivity index (χ4n) is 8.96. The van der Waals surface area contributed by atoms with E-state index in [1.807, 2.05) is 36.4 Å². The first-order chi connectivity index (χ1) is 30.2. The molecule has 4 nitrogen and oxygen atoms in total. The predicted octanol–water partition coefficient (Wildman–Crippen LogP) is 14.8. The van der Waals surface area contributed by atoms with Crippen LogP contribution in [0.5, 0.6) is 0 Å². The summed E-state index contributed by atoms with van der Waals surface area (Å²) >= 11 is 0. The molecule has 3 aromatic heterocycles. The van der Waals surface area contributed by atoms with Crippen LogP contribution >= 0.6 is 0 Å². The van der Waals surface area contributed by atoms with E-state index < -0.39 is 0 Å². The quantitative estimate of drug-likeness (QED) is 0.158. The Kier molecular flexibility index (Phi) is 8.13. The summed E-state index contributed by atoms with van der Waals surface area (Å²) in [4.78, 5) is 15.5. The van der Waals surface area contributed by atoms with Crippen molar-refractivity contribution >= 4 is 54.3 Å². The van der Waals surface area contributed by atoms with Gasteiger partial charge in [-0.05, 0) is 69.8 Å². The highest BCUT2D eigenvalue weighted by Gasteiger charge is 2.19. The zero-order chi connectivity index (χ0) is 40.3. The van der Waals surface area contributed by atoms with Crippen LogP contribution in [0.2, 0.25) is 0 Å². The molecular weight excluding hydrogens is 741 g/mol. The van der Waals surface area contributed by atoms with Crippen LogP contribution in [0.4, 0.5) is 0 Å². The van der Waals surface area contributed by atoms with Crippen molar-refractivity contribution < 1.29 is 0 Å². The van der Waals surface area contributed by atoms with E-state index in [1.54, 1.807) is 0 Å². The summed E-state index contributed by atoms with van der Waals surface area (Å²) in [5.41, 5.74) is 13.6. The van der Waals surface area contributed by atoms with Crippen LogP contribution in [0.3, 0.4) is 0 Å². The molecule has 0 aliphatic carbocycles. The van der Waals surface area contributed by atoms with Gasteiger partial charge in [-0.2, -0.15) is 0 Å². The number of nitrogens with zero attached hydrogens (tertiary/aromatic N) is 4. The van der Waals surface area contributed by atoms with Gasteiger partial charge < -0.3 is 4.57 Å². The Morgan fingerprint density at radius 2 is 0.902 bits per heavy atom. The van der Waals surface area contributed by atoms with Gasteiger partial charge in [0.1, 0.15) is 0 Å². The molecule has 0 spiro atoms. The van der Waals surface area contributed by atoms with Gasteiger partial charge in [-0.15, -0.1) is 0 Å². The first kappa shape index (κ1) is 34.8. The third-order valence-corrected chi connectivity index (χ3v) is 12.0. The fraction of sp³-hybridized carbons (Fsp3) is 0. The number of hydrogen-bond donors (Lipinski definition) is 0. The van der Waals surface area contributed by atoms with Crippen molar-refractivity contribution in [3.8, 4) is 62.0 Å². The summed E-state index contributed by atoms with van der Waals surface area (Å²) < 4.78 is 2.42. The van der Waals surface area contributed by atoms with Crippen LogP contribution in [-0.2, 0) is 0 Å². The molecule has 0 aliphatic rings. The van der Waals surface area contributed by atoms with Crippen molar-refractivity contribution in [2.75, 3.05) is 0 Å². The normalized spacial score (nSPS) is 11.6. The minimum atomic E-state index is 0.706. The lowest BCUT2D eigenvalue weighted by molar-refractivity contribution is 1.18. The predicted molar refractivity (Wildman–Crippen MR) is 254 cm³/mol. The SMILES string of the molecule is c1ccc(-c2cc(-c3ccc(-c4ccc5c(c4)nc(-c4ccccc4)c4cc6c7ccccc7n(-c7ccc8ccccc8c7)c6cc45)cc3)nc(-c3ccccc3)n2)cc1. The molecule has 0 saturated heterocycles. The van der Waals surface area contributed by atoms with Gasteiger partial charge >= 0.3 is 0 Å². The van der Waals surface area contributed by atoms with Crippen molar-refractivity contribution in [3.63, 3.8) is 0 Å². The van der Waals surface area contributed by atoms with Crippen molar-refractivity contribution in [2.45, 2.75) is 0 Å². The molecule has 0 N–H and O–H groups in total. The Labute approximate surface area is 352 Å². The lowest BCUT2D eigenvalue weighted by atomic mass is 9.95. The number of hydrogen-bond acceptors (Lipinski definition) is 3. The molecule has 4 heteroatoms.